The summed E-state index contributed by atoms with van der Waals surface area (Å²) in [5.41, 5.74) is 10.1. The van der Waals surface area contributed by atoms with Gasteiger partial charge in [-0.15, -0.1) is 0 Å². The molecule has 2 amide bonds. The van der Waals surface area contributed by atoms with E-state index in [1.54, 1.807) is 0 Å². The van der Waals surface area contributed by atoms with Crippen molar-refractivity contribution >= 4 is 17.5 Å². The Bertz CT molecular complexity index is 447. The van der Waals surface area contributed by atoms with Gasteiger partial charge in [-0.1, -0.05) is 6.07 Å². The lowest BCUT2D eigenvalue weighted by Gasteiger charge is -2.16. The fraction of sp³-hybridized carbons (Fsp3) is 0.200. The minimum atomic E-state index is -1.04. The molecule has 0 aliphatic rings. The average Bonchev–Trinajstić information content (AvgIpc) is 2.22. The van der Waals surface area contributed by atoms with Crippen molar-refractivity contribution in [1.82, 2.24) is 0 Å². The Kier molecular flexibility index (Phi) is 3.76. The van der Waals surface area contributed by atoms with Gasteiger partial charge in [-0.05, 0) is 12.1 Å². The Balaban J connectivity index is 2.90. The molecule has 0 heterocycles. The third-order valence-electron chi connectivity index (χ3n) is 2.09. The van der Waals surface area contributed by atoms with Crippen LogP contribution < -0.4 is 16.8 Å². The van der Waals surface area contributed by atoms with Crippen LogP contribution in [0, 0.1) is 0 Å². The van der Waals surface area contributed by atoms with E-state index in [9.17, 15) is 19.8 Å². The zero-order chi connectivity index (χ0) is 13.0. The number of anilines is 1. The van der Waals surface area contributed by atoms with Gasteiger partial charge in [0.05, 0.1) is 12.1 Å². The van der Waals surface area contributed by atoms with Crippen LogP contribution in [0.2, 0.25) is 0 Å². The van der Waals surface area contributed by atoms with Gasteiger partial charge in [0.15, 0.2) is 11.5 Å². The summed E-state index contributed by atoms with van der Waals surface area (Å²) in [5.74, 6) is -2.27. The molecule has 0 aliphatic heterocycles. The predicted octanol–water partition coefficient (Wildman–Crippen LogP) is -0.761. The summed E-state index contributed by atoms with van der Waals surface area (Å²) < 4.78 is 0. The molecule has 0 aliphatic carbocycles. The van der Waals surface area contributed by atoms with Crippen molar-refractivity contribution in [3.63, 3.8) is 0 Å². The molecule has 0 bridgehead atoms. The van der Waals surface area contributed by atoms with Crippen molar-refractivity contribution in [3.8, 4) is 11.5 Å². The molecule has 7 N–H and O–H groups in total. The lowest BCUT2D eigenvalue weighted by Crippen LogP contribution is -2.38. The summed E-state index contributed by atoms with van der Waals surface area (Å²) in [4.78, 5) is 21.8. The van der Waals surface area contributed by atoms with Gasteiger partial charge in [0.2, 0.25) is 11.8 Å². The van der Waals surface area contributed by atoms with E-state index in [0.717, 1.165) is 0 Å². The fourth-order valence-electron chi connectivity index (χ4n) is 1.26. The number of aromatic hydroxyl groups is 2. The van der Waals surface area contributed by atoms with Crippen molar-refractivity contribution in [2.24, 2.45) is 11.5 Å². The standard InChI is InChI=1S/C10H13N3O4/c11-8(15)4-6(10(12)17)13-5-2-1-3-7(14)9(5)16/h1-3,6,13-14,16H,4H2,(H2,11,15)(H2,12,17). The van der Waals surface area contributed by atoms with E-state index in [-0.39, 0.29) is 17.9 Å². The summed E-state index contributed by atoms with van der Waals surface area (Å²) in [6.45, 7) is 0. The minimum Gasteiger partial charge on any atom is -0.504 e. The maximum absolute atomic E-state index is 11.0. The van der Waals surface area contributed by atoms with Crippen molar-refractivity contribution in [2.75, 3.05) is 5.32 Å². The number of carbonyl (C=O) groups excluding carboxylic acids is 2. The van der Waals surface area contributed by atoms with Gasteiger partial charge >= 0.3 is 0 Å². The number of para-hydroxylation sites is 1. The number of nitrogens with one attached hydrogen (secondary N) is 1. The monoisotopic (exact) mass is 239 g/mol. The first-order chi connectivity index (χ1) is 7.91. The van der Waals surface area contributed by atoms with Gasteiger partial charge in [-0.2, -0.15) is 0 Å². The smallest absolute Gasteiger partial charge is 0.240 e. The van der Waals surface area contributed by atoms with Crippen LogP contribution in [-0.4, -0.2) is 28.1 Å². The fourth-order valence-corrected chi connectivity index (χ4v) is 1.26. The lowest BCUT2D eigenvalue weighted by atomic mass is 10.1. The third-order valence-corrected chi connectivity index (χ3v) is 2.09. The summed E-state index contributed by atoms with van der Waals surface area (Å²) in [7, 11) is 0. The molecule has 17 heavy (non-hydrogen) atoms. The second-order valence-electron chi connectivity index (χ2n) is 3.44. The highest BCUT2D eigenvalue weighted by atomic mass is 16.3. The molecule has 1 aromatic rings. The molecule has 0 saturated heterocycles. The molecule has 0 saturated carbocycles. The maximum atomic E-state index is 11.0. The summed E-state index contributed by atoms with van der Waals surface area (Å²) in [6, 6.07) is 3.11. The van der Waals surface area contributed by atoms with Crippen LogP contribution in [0.25, 0.3) is 0 Å². The van der Waals surface area contributed by atoms with Gasteiger partial charge < -0.3 is 27.0 Å². The molecule has 1 aromatic carbocycles. The highest BCUT2D eigenvalue weighted by Crippen LogP contribution is 2.32. The lowest BCUT2D eigenvalue weighted by molar-refractivity contribution is -0.123. The Labute approximate surface area is 97.0 Å². The number of phenolic OH excluding ortho intramolecular Hbond substituents is 2. The number of phenols is 2. The number of primary amides is 2. The molecule has 1 unspecified atom stereocenters. The van der Waals surface area contributed by atoms with Crippen molar-refractivity contribution in [1.29, 1.82) is 0 Å². The molecular formula is C10H13N3O4. The number of nitrogens with two attached hydrogens (primary N) is 2. The largest absolute Gasteiger partial charge is 0.504 e. The highest BCUT2D eigenvalue weighted by Gasteiger charge is 2.19. The van der Waals surface area contributed by atoms with Crippen LogP contribution in [-0.2, 0) is 9.59 Å². The first kappa shape index (κ1) is 12.6. The van der Waals surface area contributed by atoms with E-state index < -0.39 is 23.6 Å². The molecular weight excluding hydrogens is 226 g/mol. The van der Waals surface area contributed by atoms with Crippen LogP contribution in [0.15, 0.2) is 18.2 Å². The zero-order valence-corrected chi connectivity index (χ0v) is 8.88. The van der Waals surface area contributed by atoms with Crippen LogP contribution in [0.3, 0.4) is 0 Å². The Hall–Kier alpha value is -2.44. The SMILES string of the molecule is NC(=O)CC(Nc1cccc(O)c1O)C(N)=O. The van der Waals surface area contributed by atoms with E-state index in [1.165, 1.54) is 18.2 Å². The zero-order valence-electron chi connectivity index (χ0n) is 8.88. The topological polar surface area (TPSA) is 139 Å². The third kappa shape index (κ3) is 3.26. The molecule has 1 atom stereocenters. The van der Waals surface area contributed by atoms with Crippen LogP contribution in [0.5, 0.6) is 11.5 Å². The number of benzene rings is 1. The van der Waals surface area contributed by atoms with E-state index in [2.05, 4.69) is 5.32 Å². The normalized spacial score (nSPS) is 11.8. The van der Waals surface area contributed by atoms with Crippen LogP contribution in [0.1, 0.15) is 6.42 Å². The van der Waals surface area contributed by atoms with Gasteiger partial charge in [0, 0.05) is 0 Å². The number of carbonyl (C=O) groups is 2. The molecule has 0 fully saturated rings. The summed E-state index contributed by atoms with van der Waals surface area (Å²) >= 11 is 0. The molecule has 0 radical (unpaired) electrons. The number of rotatable bonds is 5. The molecule has 7 heteroatoms. The van der Waals surface area contributed by atoms with Gasteiger partial charge in [0.25, 0.3) is 0 Å². The van der Waals surface area contributed by atoms with E-state index >= 15 is 0 Å². The van der Waals surface area contributed by atoms with E-state index in [0.29, 0.717) is 0 Å². The average molecular weight is 239 g/mol. The van der Waals surface area contributed by atoms with E-state index in [4.69, 9.17) is 11.5 Å². The first-order valence-corrected chi connectivity index (χ1v) is 4.77. The van der Waals surface area contributed by atoms with Gasteiger partial charge in [0.1, 0.15) is 6.04 Å². The van der Waals surface area contributed by atoms with Gasteiger partial charge in [-0.25, -0.2) is 0 Å². The Morgan fingerprint density at radius 2 is 1.94 bits per heavy atom. The molecule has 92 valence electrons. The number of hydrogen-bond acceptors (Lipinski definition) is 5. The van der Waals surface area contributed by atoms with Crippen LogP contribution in [0.4, 0.5) is 5.69 Å². The molecule has 0 spiro atoms. The minimum absolute atomic E-state index is 0.0926. The van der Waals surface area contributed by atoms with Crippen LogP contribution >= 0.6 is 0 Å². The highest BCUT2D eigenvalue weighted by molar-refractivity contribution is 5.89. The predicted molar refractivity (Wildman–Crippen MR) is 60.2 cm³/mol. The molecule has 7 nitrogen and oxygen atoms in total. The van der Waals surface area contributed by atoms with Crippen molar-refractivity contribution in [2.45, 2.75) is 12.5 Å². The number of amides is 2. The second kappa shape index (κ2) is 5.06. The first-order valence-electron chi connectivity index (χ1n) is 4.77. The van der Waals surface area contributed by atoms with Gasteiger partial charge in [-0.3, -0.25) is 9.59 Å². The summed E-state index contributed by atoms with van der Waals surface area (Å²) in [6.07, 6.45) is -0.301. The molecule has 1 rings (SSSR count). The second-order valence-corrected chi connectivity index (χ2v) is 3.44. The van der Waals surface area contributed by atoms with E-state index in [1.807, 2.05) is 0 Å². The van der Waals surface area contributed by atoms with Crippen molar-refractivity contribution < 1.29 is 19.8 Å². The maximum Gasteiger partial charge on any atom is 0.240 e. The molecule has 0 aromatic heterocycles. The number of hydrogen-bond donors (Lipinski definition) is 5. The Morgan fingerprint density at radius 1 is 1.29 bits per heavy atom. The quantitative estimate of drug-likeness (QED) is 0.430. The summed E-state index contributed by atoms with van der Waals surface area (Å²) in [5, 5.41) is 21.3. The Morgan fingerprint density at radius 3 is 2.47 bits per heavy atom. The van der Waals surface area contributed by atoms with Crippen molar-refractivity contribution in [3.05, 3.63) is 18.2 Å².